The maximum absolute atomic E-state index is 13.2. The van der Waals surface area contributed by atoms with Crippen molar-refractivity contribution in [1.82, 2.24) is 10.3 Å². The normalized spacial score (nSPS) is 14.1. The third-order valence-corrected chi connectivity index (χ3v) is 6.36. The van der Waals surface area contributed by atoms with Crippen molar-refractivity contribution in [1.29, 1.82) is 0 Å². The third kappa shape index (κ3) is 6.60. The number of carbonyl (C=O) groups is 1. The van der Waals surface area contributed by atoms with Crippen LogP contribution in [0.4, 0.5) is 15.8 Å². The summed E-state index contributed by atoms with van der Waals surface area (Å²) in [6.07, 6.45) is 1.51. The Morgan fingerprint density at radius 1 is 1.14 bits per heavy atom. The number of nitro benzene ring substituents is 1. The first-order valence-corrected chi connectivity index (χ1v) is 11.9. The number of hydrogen-bond acceptors (Lipinski definition) is 7. The summed E-state index contributed by atoms with van der Waals surface area (Å²) in [4.78, 5) is 27.2. The van der Waals surface area contributed by atoms with E-state index in [4.69, 9.17) is 16.3 Å². The number of hydrogen-bond donors (Lipinski definition) is 1. The molecular formula is C26H25ClFN5O4. The first kappa shape index (κ1) is 26.1. The minimum absolute atomic E-state index is 0.0341. The van der Waals surface area contributed by atoms with E-state index in [1.807, 2.05) is 18.2 Å². The fraction of sp³-hybridized carbons (Fsp3) is 0.231. The van der Waals surface area contributed by atoms with Crippen LogP contribution in [0.15, 0.2) is 65.8 Å². The second kappa shape index (κ2) is 11.8. The summed E-state index contributed by atoms with van der Waals surface area (Å²) in [7, 11) is 1.62. The number of rotatable bonds is 8. The van der Waals surface area contributed by atoms with Crippen LogP contribution in [0.5, 0.6) is 5.75 Å². The molecule has 1 fully saturated rings. The Kier molecular flexibility index (Phi) is 8.32. The predicted octanol–water partition coefficient (Wildman–Crippen LogP) is 4.48. The number of nitrogens with one attached hydrogen (secondary N) is 1. The molecule has 3 aromatic rings. The molecule has 0 atom stereocenters. The van der Waals surface area contributed by atoms with Crippen molar-refractivity contribution >= 4 is 35.1 Å². The van der Waals surface area contributed by atoms with Crippen molar-refractivity contribution in [2.24, 2.45) is 5.10 Å². The van der Waals surface area contributed by atoms with Gasteiger partial charge in [-0.1, -0.05) is 11.6 Å². The number of benzene rings is 3. The maximum Gasteiger partial charge on any atom is 0.272 e. The molecule has 4 rings (SSSR count). The zero-order valence-corrected chi connectivity index (χ0v) is 20.8. The highest BCUT2D eigenvalue weighted by Crippen LogP contribution is 2.24. The highest BCUT2D eigenvalue weighted by Gasteiger charge is 2.19. The molecule has 11 heteroatoms. The molecule has 0 saturated carbocycles. The second-order valence-electron chi connectivity index (χ2n) is 8.43. The Bertz CT molecular complexity index is 1310. The van der Waals surface area contributed by atoms with E-state index in [0.717, 1.165) is 54.8 Å². The van der Waals surface area contributed by atoms with Gasteiger partial charge in [0.05, 0.1) is 28.8 Å². The number of halogens is 2. The topological polar surface area (TPSA) is 100 Å². The zero-order chi connectivity index (χ0) is 26.4. The highest BCUT2D eigenvalue weighted by atomic mass is 35.5. The van der Waals surface area contributed by atoms with Crippen LogP contribution in [-0.4, -0.2) is 55.2 Å². The van der Waals surface area contributed by atoms with Gasteiger partial charge in [0, 0.05) is 56.1 Å². The Labute approximate surface area is 218 Å². The molecule has 1 aliphatic rings. The molecule has 0 spiro atoms. The maximum atomic E-state index is 13.2. The van der Waals surface area contributed by atoms with Crippen LogP contribution in [0, 0.1) is 15.9 Å². The first-order valence-electron chi connectivity index (χ1n) is 11.5. The van der Waals surface area contributed by atoms with Crippen molar-refractivity contribution in [3.05, 3.63) is 98.3 Å². The fourth-order valence-electron chi connectivity index (χ4n) is 4.09. The van der Waals surface area contributed by atoms with Crippen molar-refractivity contribution in [2.45, 2.75) is 6.54 Å². The van der Waals surface area contributed by atoms with Gasteiger partial charge in [-0.3, -0.25) is 19.8 Å². The summed E-state index contributed by atoms with van der Waals surface area (Å²) in [5.41, 5.74) is 5.02. The SMILES string of the molecule is COc1ccc(C=NNC(=O)c2ccc([N+](=O)[O-])cc2Cl)cc1CN1CCN(c2ccc(F)cc2)CC1. The molecule has 1 saturated heterocycles. The summed E-state index contributed by atoms with van der Waals surface area (Å²) in [5, 5.41) is 14.8. The molecule has 0 radical (unpaired) electrons. The van der Waals surface area contributed by atoms with Crippen molar-refractivity contribution in [2.75, 3.05) is 38.2 Å². The van der Waals surface area contributed by atoms with Gasteiger partial charge in [-0.05, 0) is 54.1 Å². The minimum atomic E-state index is -0.585. The second-order valence-corrected chi connectivity index (χ2v) is 8.84. The van der Waals surface area contributed by atoms with E-state index in [1.165, 1.54) is 30.5 Å². The largest absolute Gasteiger partial charge is 0.496 e. The van der Waals surface area contributed by atoms with E-state index in [2.05, 4.69) is 20.3 Å². The molecule has 0 bridgehead atoms. The number of nitro groups is 1. The molecule has 3 aromatic carbocycles. The monoisotopic (exact) mass is 525 g/mol. The lowest BCUT2D eigenvalue weighted by molar-refractivity contribution is -0.384. The van der Waals surface area contributed by atoms with Crippen LogP contribution in [0.25, 0.3) is 0 Å². The molecule has 1 heterocycles. The Morgan fingerprint density at radius 3 is 2.51 bits per heavy atom. The van der Waals surface area contributed by atoms with Gasteiger partial charge in [0.25, 0.3) is 11.6 Å². The standard InChI is InChI=1S/C26H25ClFN5O4/c1-37-25-9-2-18(16-29-30-26(34)23-8-7-22(33(35)36)15-24(23)27)14-19(25)17-31-10-12-32(13-11-31)21-5-3-20(28)4-6-21/h2-9,14-16H,10-13,17H2,1H3,(H,30,34). The van der Waals surface area contributed by atoms with Crippen molar-refractivity contribution in [3.63, 3.8) is 0 Å². The molecule has 1 amide bonds. The van der Waals surface area contributed by atoms with E-state index in [-0.39, 0.29) is 22.1 Å². The molecule has 0 aromatic heterocycles. The highest BCUT2D eigenvalue weighted by molar-refractivity contribution is 6.34. The summed E-state index contributed by atoms with van der Waals surface area (Å²) in [6.45, 7) is 4.00. The number of amides is 1. The van der Waals surface area contributed by atoms with Gasteiger partial charge in [-0.25, -0.2) is 9.82 Å². The smallest absolute Gasteiger partial charge is 0.272 e. The van der Waals surface area contributed by atoms with Crippen LogP contribution in [-0.2, 0) is 6.54 Å². The van der Waals surface area contributed by atoms with E-state index in [9.17, 15) is 19.3 Å². The number of carbonyl (C=O) groups excluding carboxylic acids is 1. The van der Waals surface area contributed by atoms with Crippen LogP contribution in [0.3, 0.4) is 0 Å². The number of non-ortho nitro benzene ring substituents is 1. The van der Waals surface area contributed by atoms with Crippen LogP contribution in [0.1, 0.15) is 21.5 Å². The van der Waals surface area contributed by atoms with Crippen LogP contribution >= 0.6 is 11.6 Å². The summed E-state index contributed by atoms with van der Waals surface area (Å²) in [5.74, 6) is -0.0728. The number of ether oxygens (including phenoxy) is 1. The van der Waals surface area contributed by atoms with E-state index in [0.29, 0.717) is 6.54 Å². The van der Waals surface area contributed by atoms with Gasteiger partial charge in [-0.15, -0.1) is 0 Å². The molecule has 37 heavy (non-hydrogen) atoms. The number of anilines is 1. The number of piperazine rings is 1. The lowest BCUT2D eigenvalue weighted by Crippen LogP contribution is -2.46. The molecule has 0 aliphatic carbocycles. The van der Waals surface area contributed by atoms with Crippen molar-refractivity contribution < 1.29 is 18.8 Å². The number of hydrazone groups is 1. The number of methoxy groups -OCH3 is 1. The molecule has 9 nitrogen and oxygen atoms in total. The lowest BCUT2D eigenvalue weighted by Gasteiger charge is -2.36. The quantitative estimate of drug-likeness (QED) is 0.264. The van der Waals surface area contributed by atoms with Crippen molar-refractivity contribution in [3.8, 4) is 5.75 Å². The van der Waals surface area contributed by atoms with E-state index >= 15 is 0 Å². The van der Waals surface area contributed by atoms with Gasteiger partial charge < -0.3 is 9.64 Å². The Balaban J connectivity index is 1.37. The Morgan fingerprint density at radius 2 is 1.86 bits per heavy atom. The van der Waals surface area contributed by atoms with Crippen LogP contribution < -0.4 is 15.1 Å². The third-order valence-electron chi connectivity index (χ3n) is 6.05. The van der Waals surface area contributed by atoms with E-state index in [1.54, 1.807) is 19.2 Å². The van der Waals surface area contributed by atoms with Gasteiger partial charge in [0.15, 0.2) is 0 Å². The number of nitrogens with zero attached hydrogens (tertiary/aromatic N) is 4. The predicted molar refractivity (Wildman–Crippen MR) is 140 cm³/mol. The van der Waals surface area contributed by atoms with Gasteiger partial charge in [-0.2, -0.15) is 5.10 Å². The summed E-state index contributed by atoms with van der Waals surface area (Å²) < 4.78 is 18.8. The molecular weight excluding hydrogens is 501 g/mol. The molecule has 0 unspecified atom stereocenters. The molecule has 1 N–H and O–H groups in total. The summed E-state index contributed by atoms with van der Waals surface area (Å²) in [6, 6.07) is 15.8. The lowest BCUT2D eigenvalue weighted by atomic mass is 10.1. The van der Waals surface area contributed by atoms with E-state index < -0.39 is 10.8 Å². The molecule has 192 valence electrons. The Hall–Kier alpha value is -4.02. The van der Waals surface area contributed by atoms with Gasteiger partial charge in [0.1, 0.15) is 11.6 Å². The average molecular weight is 526 g/mol. The average Bonchev–Trinajstić information content (AvgIpc) is 2.89. The zero-order valence-electron chi connectivity index (χ0n) is 20.1. The first-order chi connectivity index (χ1) is 17.8. The fourth-order valence-corrected chi connectivity index (χ4v) is 4.35. The molecule has 1 aliphatic heterocycles. The summed E-state index contributed by atoms with van der Waals surface area (Å²) >= 11 is 6.01. The van der Waals surface area contributed by atoms with Crippen LogP contribution in [0.2, 0.25) is 5.02 Å². The van der Waals surface area contributed by atoms with Gasteiger partial charge in [0.2, 0.25) is 0 Å². The minimum Gasteiger partial charge on any atom is -0.496 e. The van der Waals surface area contributed by atoms with Gasteiger partial charge >= 0.3 is 0 Å².